The lowest BCUT2D eigenvalue weighted by Gasteiger charge is -2.32. The average Bonchev–Trinajstić information content (AvgIpc) is 3.09. The van der Waals surface area contributed by atoms with Crippen LogP contribution in [0.5, 0.6) is 0 Å². The highest BCUT2D eigenvalue weighted by molar-refractivity contribution is 7.13. The first kappa shape index (κ1) is 13.8. The van der Waals surface area contributed by atoms with E-state index in [0.29, 0.717) is 12.1 Å². The number of nitrogens with two attached hydrogens (primary N) is 1. The molecular formula is C15H21N3OS. The van der Waals surface area contributed by atoms with Crippen molar-refractivity contribution in [3.05, 3.63) is 29.3 Å². The minimum Gasteiger partial charge on any atom is -0.355 e. The van der Waals surface area contributed by atoms with Crippen molar-refractivity contribution in [3.63, 3.8) is 0 Å². The maximum atomic E-state index is 5.96. The van der Waals surface area contributed by atoms with Gasteiger partial charge in [0.1, 0.15) is 0 Å². The van der Waals surface area contributed by atoms with Gasteiger partial charge in [0.2, 0.25) is 0 Å². The van der Waals surface area contributed by atoms with Crippen LogP contribution < -0.4 is 5.73 Å². The van der Waals surface area contributed by atoms with Crippen LogP contribution in [0.3, 0.4) is 0 Å². The zero-order valence-corrected chi connectivity index (χ0v) is 12.6. The van der Waals surface area contributed by atoms with Crippen molar-refractivity contribution in [3.8, 4) is 10.6 Å². The minimum atomic E-state index is 0.400. The van der Waals surface area contributed by atoms with Gasteiger partial charge in [0.05, 0.1) is 10.6 Å². The quantitative estimate of drug-likeness (QED) is 0.940. The number of aromatic nitrogens is 1. The second-order valence-electron chi connectivity index (χ2n) is 5.64. The zero-order chi connectivity index (χ0) is 13.9. The van der Waals surface area contributed by atoms with E-state index in [2.05, 4.69) is 34.6 Å². The molecule has 2 aromatic heterocycles. The monoisotopic (exact) mass is 291 g/mol. The molecule has 1 saturated carbocycles. The normalized spacial score (nSPS) is 23.4. The maximum absolute atomic E-state index is 5.96. The van der Waals surface area contributed by atoms with Gasteiger partial charge in [-0.1, -0.05) is 11.2 Å². The predicted octanol–water partition coefficient (Wildman–Crippen LogP) is 3.10. The zero-order valence-electron chi connectivity index (χ0n) is 11.8. The van der Waals surface area contributed by atoms with Crippen LogP contribution in [0.4, 0.5) is 0 Å². The number of hydrogen-bond acceptors (Lipinski definition) is 5. The molecule has 0 aliphatic heterocycles. The van der Waals surface area contributed by atoms with E-state index in [1.807, 2.05) is 6.07 Å². The molecule has 0 amide bonds. The SMILES string of the molecule is CN(Cc1cc(-c2cccs2)on1)C1CCC(N)CC1. The van der Waals surface area contributed by atoms with Crippen molar-refractivity contribution in [1.82, 2.24) is 10.1 Å². The number of hydrogen-bond donors (Lipinski definition) is 1. The molecule has 5 heteroatoms. The van der Waals surface area contributed by atoms with Crippen LogP contribution >= 0.6 is 11.3 Å². The van der Waals surface area contributed by atoms with Gasteiger partial charge in [-0.15, -0.1) is 11.3 Å². The fourth-order valence-electron chi connectivity index (χ4n) is 2.85. The topological polar surface area (TPSA) is 55.3 Å². The van der Waals surface area contributed by atoms with Gasteiger partial charge in [-0.25, -0.2) is 0 Å². The molecule has 1 aliphatic carbocycles. The third-order valence-corrected chi connectivity index (χ3v) is 4.98. The lowest BCUT2D eigenvalue weighted by atomic mass is 9.91. The number of nitrogens with zero attached hydrogens (tertiary/aromatic N) is 2. The van der Waals surface area contributed by atoms with Crippen LogP contribution in [0.1, 0.15) is 31.4 Å². The first-order chi connectivity index (χ1) is 9.72. The van der Waals surface area contributed by atoms with E-state index >= 15 is 0 Å². The van der Waals surface area contributed by atoms with Gasteiger partial charge in [0, 0.05) is 24.7 Å². The summed E-state index contributed by atoms with van der Waals surface area (Å²) in [4.78, 5) is 3.51. The summed E-state index contributed by atoms with van der Waals surface area (Å²) in [6.45, 7) is 0.842. The van der Waals surface area contributed by atoms with Crippen LogP contribution in [0, 0.1) is 0 Å². The predicted molar refractivity (Wildman–Crippen MR) is 81.5 cm³/mol. The van der Waals surface area contributed by atoms with Crippen LogP contribution in [0.15, 0.2) is 28.1 Å². The summed E-state index contributed by atoms with van der Waals surface area (Å²) in [6, 6.07) is 7.16. The van der Waals surface area contributed by atoms with Crippen molar-refractivity contribution < 1.29 is 4.52 Å². The summed E-state index contributed by atoms with van der Waals surface area (Å²) in [5.74, 6) is 0.870. The van der Waals surface area contributed by atoms with Crippen molar-refractivity contribution in [2.24, 2.45) is 5.73 Å². The first-order valence-electron chi connectivity index (χ1n) is 7.17. The summed E-state index contributed by atoms with van der Waals surface area (Å²) >= 11 is 1.68. The smallest absolute Gasteiger partial charge is 0.177 e. The molecule has 2 aromatic rings. The highest BCUT2D eigenvalue weighted by Gasteiger charge is 2.22. The van der Waals surface area contributed by atoms with E-state index in [9.17, 15) is 0 Å². The Morgan fingerprint density at radius 3 is 2.90 bits per heavy atom. The molecule has 2 heterocycles. The Morgan fingerprint density at radius 2 is 2.20 bits per heavy atom. The van der Waals surface area contributed by atoms with Gasteiger partial charge in [0.15, 0.2) is 5.76 Å². The number of thiophene rings is 1. The summed E-state index contributed by atoms with van der Waals surface area (Å²) < 4.78 is 5.43. The lowest BCUT2D eigenvalue weighted by Crippen LogP contribution is -2.38. The van der Waals surface area contributed by atoms with Crippen LogP contribution in [0.2, 0.25) is 0 Å². The Hall–Kier alpha value is -1.17. The van der Waals surface area contributed by atoms with E-state index in [4.69, 9.17) is 10.3 Å². The third kappa shape index (κ3) is 3.11. The summed E-state index contributed by atoms with van der Waals surface area (Å²) in [5, 5.41) is 6.24. The maximum Gasteiger partial charge on any atom is 0.177 e. The summed E-state index contributed by atoms with van der Waals surface area (Å²) in [7, 11) is 2.17. The van der Waals surface area contributed by atoms with Gasteiger partial charge in [0.25, 0.3) is 0 Å². The minimum absolute atomic E-state index is 0.400. The highest BCUT2D eigenvalue weighted by Crippen LogP contribution is 2.26. The molecule has 1 aliphatic rings. The Kier molecular flexibility index (Phi) is 4.19. The van der Waals surface area contributed by atoms with E-state index in [1.54, 1.807) is 11.3 Å². The van der Waals surface area contributed by atoms with Gasteiger partial charge < -0.3 is 10.3 Å². The second kappa shape index (κ2) is 6.08. The van der Waals surface area contributed by atoms with Crippen molar-refractivity contribution in [2.75, 3.05) is 7.05 Å². The van der Waals surface area contributed by atoms with E-state index in [-0.39, 0.29) is 0 Å². The average molecular weight is 291 g/mol. The molecule has 0 aromatic carbocycles. The summed E-state index contributed by atoms with van der Waals surface area (Å²) in [5.41, 5.74) is 6.97. The molecule has 0 spiro atoms. The Bertz CT molecular complexity index is 529. The van der Waals surface area contributed by atoms with E-state index < -0.39 is 0 Å². The Balaban J connectivity index is 1.60. The van der Waals surface area contributed by atoms with Crippen molar-refractivity contribution in [2.45, 2.75) is 44.3 Å². The van der Waals surface area contributed by atoms with Crippen LogP contribution in [0.25, 0.3) is 10.6 Å². The van der Waals surface area contributed by atoms with E-state index in [1.165, 1.54) is 12.8 Å². The first-order valence-corrected chi connectivity index (χ1v) is 8.05. The molecule has 0 saturated heterocycles. The molecule has 20 heavy (non-hydrogen) atoms. The number of rotatable bonds is 4. The molecule has 3 rings (SSSR count). The van der Waals surface area contributed by atoms with Crippen LogP contribution in [-0.2, 0) is 6.54 Å². The lowest BCUT2D eigenvalue weighted by molar-refractivity contribution is 0.172. The van der Waals surface area contributed by atoms with E-state index in [0.717, 1.165) is 35.7 Å². The van der Waals surface area contributed by atoms with Gasteiger partial charge >= 0.3 is 0 Å². The molecule has 0 unspecified atom stereocenters. The fraction of sp³-hybridized carbons (Fsp3) is 0.533. The standard InChI is InChI=1S/C15H21N3OS/c1-18(13-6-4-11(16)5-7-13)10-12-9-14(19-17-12)15-3-2-8-20-15/h2-3,8-9,11,13H,4-7,10,16H2,1H3. The molecule has 0 atom stereocenters. The molecule has 4 nitrogen and oxygen atoms in total. The molecule has 0 bridgehead atoms. The Morgan fingerprint density at radius 1 is 1.40 bits per heavy atom. The highest BCUT2D eigenvalue weighted by atomic mass is 32.1. The Labute approximate surface area is 123 Å². The second-order valence-corrected chi connectivity index (χ2v) is 6.59. The molecule has 2 N–H and O–H groups in total. The van der Waals surface area contributed by atoms with Crippen LogP contribution in [-0.4, -0.2) is 29.2 Å². The fourth-order valence-corrected chi connectivity index (χ4v) is 3.52. The van der Waals surface area contributed by atoms with Gasteiger partial charge in [-0.3, -0.25) is 4.90 Å². The molecule has 108 valence electrons. The van der Waals surface area contributed by atoms with Crippen molar-refractivity contribution >= 4 is 11.3 Å². The largest absolute Gasteiger partial charge is 0.355 e. The molecule has 0 radical (unpaired) electrons. The molecular weight excluding hydrogens is 270 g/mol. The van der Waals surface area contributed by atoms with Gasteiger partial charge in [-0.2, -0.15) is 0 Å². The van der Waals surface area contributed by atoms with Gasteiger partial charge in [-0.05, 0) is 44.2 Å². The van der Waals surface area contributed by atoms with Crippen molar-refractivity contribution in [1.29, 1.82) is 0 Å². The third-order valence-electron chi connectivity index (χ3n) is 4.10. The summed E-state index contributed by atoms with van der Waals surface area (Å²) in [6.07, 6.45) is 4.64. The molecule has 1 fully saturated rings.